The number of anilines is 2. The Labute approximate surface area is 143 Å². The molecule has 0 aromatic heterocycles. The third-order valence-electron chi connectivity index (χ3n) is 4.20. The fourth-order valence-electron chi connectivity index (χ4n) is 2.90. The lowest BCUT2D eigenvalue weighted by Gasteiger charge is -2.22. The zero-order valence-corrected chi connectivity index (χ0v) is 13.9. The van der Waals surface area contributed by atoms with Crippen molar-refractivity contribution in [1.29, 1.82) is 0 Å². The molecule has 4 heteroatoms. The molecule has 2 N–H and O–H groups in total. The Hall–Kier alpha value is -2.59. The van der Waals surface area contributed by atoms with Gasteiger partial charge in [0.25, 0.3) is 0 Å². The number of nitrogens with zero attached hydrogens (tertiary/aromatic N) is 2. The van der Waals surface area contributed by atoms with Gasteiger partial charge in [0.2, 0.25) is 0 Å². The third-order valence-corrected chi connectivity index (χ3v) is 4.20. The SMILES string of the molecule is CCN(CCO)c1ccc(NN=C2C=CCc3ccccc32)cc1. The van der Waals surface area contributed by atoms with Crippen LogP contribution in [0.25, 0.3) is 0 Å². The van der Waals surface area contributed by atoms with Crippen LogP contribution in [0.3, 0.4) is 0 Å². The van der Waals surface area contributed by atoms with Gasteiger partial charge in [-0.25, -0.2) is 0 Å². The number of aliphatic hydroxyl groups excluding tert-OH is 1. The molecule has 0 atom stereocenters. The smallest absolute Gasteiger partial charge is 0.0905 e. The summed E-state index contributed by atoms with van der Waals surface area (Å²) in [5.41, 5.74) is 8.64. The molecule has 0 aliphatic heterocycles. The van der Waals surface area contributed by atoms with Crippen molar-refractivity contribution in [2.24, 2.45) is 5.10 Å². The van der Waals surface area contributed by atoms with E-state index in [0.29, 0.717) is 6.54 Å². The first-order chi connectivity index (χ1) is 11.8. The standard InChI is InChI=1S/C20H23N3O/c1-2-23(14-15-24)18-12-10-17(11-13-18)21-22-20-9-5-7-16-6-3-4-8-19(16)20/h3-6,8-13,21,24H,2,7,14-15H2,1H3. The number of nitrogens with one attached hydrogen (secondary N) is 1. The third kappa shape index (κ3) is 3.66. The van der Waals surface area contributed by atoms with Gasteiger partial charge < -0.3 is 10.0 Å². The van der Waals surface area contributed by atoms with Gasteiger partial charge in [0.15, 0.2) is 0 Å². The number of benzene rings is 2. The quantitative estimate of drug-likeness (QED) is 0.801. The van der Waals surface area contributed by atoms with Crippen LogP contribution >= 0.6 is 0 Å². The molecule has 1 aliphatic rings. The van der Waals surface area contributed by atoms with Gasteiger partial charge in [0.1, 0.15) is 0 Å². The largest absolute Gasteiger partial charge is 0.395 e. The van der Waals surface area contributed by atoms with Crippen molar-refractivity contribution in [2.75, 3.05) is 30.0 Å². The van der Waals surface area contributed by atoms with Gasteiger partial charge in [-0.1, -0.05) is 30.3 Å². The van der Waals surface area contributed by atoms with Crippen molar-refractivity contribution in [3.63, 3.8) is 0 Å². The Morgan fingerprint density at radius 2 is 1.92 bits per heavy atom. The lowest BCUT2D eigenvalue weighted by molar-refractivity contribution is 0.302. The highest BCUT2D eigenvalue weighted by atomic mass is 16.3. The summed E-state index contributed by atoms with van der Waals surface area (Å²) in [6.07, 6.45) is 5.16. The molecule has 3 rings (SSSR count). The fraction of sp³-hybridized carbons (Fsp3) is 0.250. The maximum Gasteiger partial charge on any atom is 0.0905 e. The molecule has 0 fully saturated rings. The van der Waals surface area contributed by atoms with Crippen molar-refractivity contribution in [1.82, 2.24) is 0 Å². The van der Waals surface area contributed by atoms with E-state index in [1.165, 1.54) is 11.1 Å². The van der Waals surface area contributed by atoms with Crippen LogP contribution in [0.5, 0.6) is 0 Å². The lowest BCUT2D eigenvalue weighted by atomic mass is 9.95. The highest BCUT2D eigenvalue weighted by Gasteiger charge is 2.10. The topological polar surface area (TPSA) is 47.9 Å². The number of aliphatic hydroxyl groups is 1. The first-order valence-corrected chi connectivity index (χ1v) is 8.36. The van der Waals surface area contributed by atoms with E-state index >= 15 is 0 Å². The molecule has 0 unspecified atom stereocenters. The summed E-state index contributed by atoms with van der Waals surface area (Å²) in [6.45, 7) is 3.76. The summed E-state index contributed by atoms with van der Waals surface area (Å²) >= 11 is 0. The van der Waals surface area contributed by atoms with Crippen LogP contribution in [0.1, 0.15) is 18.1 Å². The van der Waals surface area contributed by atoms with E-state index in [1.54, 1.807) is 0 Å². The van der Waals surface area contributed by atoms with E-state index in [0.717, 1.165) is 30.1 Å². The summed E-state index contributed by atoms with van der Waals surface area (Å²) in [4.78, 5) is 2.13. The Balaban J connectivity index is 1.73. The van der Waals surface area contributed by atoms with E-state index in [2.05, 4.69) is 52.7 Å². The van der Waals surface area contributed by atoms with Gasteiger partial charge in [-0.05, 0) is 49.2 Å². The molecule has 0 radical (unpaired) electrons. The molecule has 2 aromatic rings. The highest BCUT2D eigenvalue weighted by Crippen LogP contribution is 2.19. The zero-order chi connectivity index (χ0) is 16.8. The molecule has 1 aliphatic carbocycles. The second kappa shape index (κ2) is 7.79. The second-order valence-electron chi connectivity index (χ2n) is 5.72. The van der Waals surface area contributed by atoms with Gasteiger partial charge in [-0.3, -0.25) is 5.43 Å². The number of rotatable bonds is 6. The van der Waals surface area contributed by atoms with Crippen molar-refractivity contribution in [2.45, 2.75) is 13.3 Å². The summed E-state index contributed by atoms with van der Waals surface area (Å²) in [5, 5.41) is 13.7. The molecule has 24 heavy (non-hydrogen) atoms. The van der Waals surface area contributed by atoms with Gasteiger partial charge in [-0.15, -0.1) is 0 Å². The average molecular weight is 321 g/mol. The summed E-state index contributed by atoms with van der Waals surface area (Å²) in [5.74, 6) is 0. The minimum atomic E-state index is 0.160. The van der Waals surface area contributed by atoms with Crippen molar-refractivity contribution >= 4 is 17.1 Å². The molecule has 0 bridgehead atoms. The highest BCUT2D eigenvalue weighted by molar-refractivity contribution is 6.10. The molecular formula is C20H23N3O. The van der Waals surface area contributed by atoms with E-state index in [4.69, 9.17) is 5.11 Å². The van der Waals surface area contributed by atoms with E-state index in [-0.39, 0.29) is 6.61 Å². The first-order valence-electron chi connectivity index (χ1n) is 8.36. The van der Waals surface area contributed by atoms with Crippen molar-refractivity contribution < 1.29 is 5.11 Å². The molecule has 0 saturated carbocycles. The van der Waals surface area contributed by atoms with Crippen molar-refractivity contribution in [3.05, 3.63) is 71.8 Å². The minimum absolute atomic E-state index is 0.160. The molecule has 0 spiro atoms. The monoisotopic (exact) mass is 321 g/mol. The first kappa shape index (κ1) is 16.3. The van der Waals surface area contributed by atoms with E-state index < -0.39 is 0 Å². The van der Waals surface area contributed by atoms with Crippen LogP contribution in [0.4, 0.5) is 11.4 Å². The number of hydrazone groups is 1. The summed E-state index contributed by atoms with van der Waals surface area (Å²) in [6, 6.07) is 16.5. The average Bonchev–Trinajstić information content (AvgIpc) is 2.65. The van der Waals surface area contributed by atoms with Gasteiger partial charge in [-0.2, -0.15) is 5.10 Å². The Morgan fingerprint density at radius 3 is 2.67 bits per heavy atom. The molecule has 124 valence electrons. The fourth-order valence-corrected chi connectivity index (χ4v) is 2.90. The molecule has 0 heterocycles. The predicted molar refractivity (Wildman–Crippen MR) is 101 cm³/mol. The van der Waals surface area contributed by atoms with Crippen LogP contribution < -0.4 is 10.3 Å². The Kier molecular flexibility index (Phi) is 5.29. The molecular weight excluding hydrogens is 298 g/mol. The van der Waals surface area contributed by atoms with Crippen LogP contribution in [-0.4, -0.2) is 30.5 Å². The maximum atomic E-state index is 9.11. The summed E-state index contributed by atoms with van der Waals surface area (Å²) < 4.78 is 0. The molecule has 2 aromatic carbocycles. The lowest BCUT2D eigenvalue weighted by Crippen LogP contribution is -2.25. The molecule has 0 amide bonds. The van der Waals surface area contributed by atoms with Gasteiger partial charge in [0.05, 0.1) is 18.0 Å². The normalized spacial score (nSPS) is 14.5. The van der Waals surface area contributed by atoms with E-state index in [1.807, 2.05) is 30.3 Å². The van der Waals surface area contributed by atoms with Crippen molar-refractivity contribution in [3.8, 4) is 0 Å². The number of hydrogen-bond acceptors (Lipinski definition) is 4. The summed E-state index contributed by atoms with van der Waals surface area (Å²) in [7, 11) is 0. The second-order valence-corrected chi connectivity index (χ2v) is 5.72. The number of hydrogen-bond donors (Lipinski definition) is 2. The molecule has 4 nitrogen and oxygen atoms in total. The zero-order valence-electron chi connectivity index (χ0n) is 13.9. The van der Waals surface area contributed by atoms with Gasteiger partial charge in [0, 0.05) is 24.3 Å². The van der Waals surface area contributed by atoms with Gasteiger partial charge >= 0.3 is 0 Å². The Bertz CT molecular complexity index is 735. The Morgan fingerprint density at radius 1 is 1.12 bits per heavy atom. The number of likely N-dealkylation sites (N-methyl/N-ethyl adjacent to an activating group) is 1. The number of allylic oxidation sites excluding steroid dienone is 2. The van der Waals surface area contributed by atoms with Crippen LogP contribution in [0.2, 0.25) is 0 Å². The van der Waals surface area contributed by atoms with Crippen LogP contribution in [0.15, 0.2) is 65.8 Å². The maximum absolute atomic E-state index is 9.11. The molecule has 0 saturated heterocycles. The predicted octanol–water partition coefficient (Wildman–Crippen LogP) is 3.43. The van der Waals surface area contributed by atoms with Crippen LogP contribution in [-0.2, 0) is 6.42 Å². The van der Waals surface area contributed by atoms with Crippen LogP contribution in [0, 0.1) is 0 Å². The number of fused-ring (bicyclic) bond motifs is 1. The minimum Gasteiger partial charge on any atom is -0.395 e. The van der Waals surface area contributed by atoms with E-state index in [9.17, 15) is 0 Å².